The molecule has 0 aliphatic heterocycles. The Morgan fingerprint density at radius 2 is 0.598 bits per heavy atom. The molecule has 4 heteroatoms. The van der Waals surface area contributed by atoms with Gasteiger partial charge in [0.15, 0.2) is 8.07 Å². The van der Waals surface area contributed by atoms with Gasteiger partial charge in [-0.25, -0.2) is 0 Å². The number of hydrogen-bond acceptors (Lipinski definition) is 0. The quantitative estimate of drug-likeness (QED) is 0.0958. The standard InChI is InChI=1S/C78H53N3Si/c1-4-23-54(24-5-1)56-27-20-32-64(49-56)82(63-30-8-3-9-31-63,65-33-21-28-57(50-65)55-25-6-2-7-26-55)66-34-22-29-58(51-66)59-47-61(80-75-42-17-12-37-69(75)70-38-13-18-43-76(70)80)52-62(48-59)81-77-44-19-14-39-71(77)72-46-45-60(53-78(72)81)79-73-40-15-10-35-67(73)68-36-11-16-41-74(68)79/h1-53H/i10D,11D,14D,15D,16D,19D,35D,36D,39D,40D,41D,44D,45D,46D,53D. The van der Waals surface area contributed by atoms with E-state index in [0.29, 0.717) is 11.3 Å². The van der Waals surface area contributed by atoms with E-state index in [9.17, 15) is 13.7 Å². The molecule has 0 amide bonds. The molecule has 0 atom stereocenters. The first-order chi connectivity index (χ1) is 46.9. The lowest BCUT2D eigenvalue weighted by atomic mass is 10.0. The van der Waals surface area contributed by atoms with Crippen LogP contribution < -0.4 is 20.7 Å². The second-order valence-electron chi connectivity index (χ2n) is 20.5. The highest BCUT2D eigenvalue weighted by Gasteiger charge is 2.42. The van der Waals surface area contributed by atoms with Crippen molar-refractivity contribution in [1.82, 2.24) is 13.7 Å². The molecule has 0 spiro atoms. The second kappa shape index (κ2) is 19.4. The molecule has 0 fully saturated rings. The van der Waals surface area contributed by atoms with E-state index in [-0.39, 0.29) is 49.3 Å². The van der Waals surface area contributed by atoms with Crippen LogP contribution in [-0.2, 0) is 0 Å². The van der Waals surface area contributed by atoms with Crippen molar-refractivity contribution in [2.75, 3.05) is 0 Å². The molecule has 13 aromatic carbocycles. The molecule has 3 heterocycles. The van der Waals surface area contributed by atoms with Crippen molar-refractivity contribution in [3.63, 3.8) is 0 Å². The van der Waals surface area contributed by atoms with Crippen LogP contribution in [0.5, 0.6) is 0 Å². The third-order valence-electron chi connectivity index (χ3n) is 16.0. The smallest absolute Gasteiger partial charge is 0.179 e. The Morgan fingerprint density at radius 3 is 1.09 bits per heavy atom. The van der Waals surface area contributed by atoms with Gasteiger partial charge in [0.1, 0.15) is 0 Å². The lowest BCUT2D eigenvalue weighted by Gasteiger charge is -2.35. The first kappa shape index (κ1) is 34.5. The van der Waals surface area contributed by atoms with Crippen molar-refractivity contribution in [1.29, 1.82) is 0 Å². The van der Waals surface area contributed by atoms with Crippen molar-refractivity contribution in [2.45, 2.75) is 0 Å². The number of benzene rings is 13. The lowest BCUT2D eigenvalue weighted by molar-refractivity contribution is 1.13. The summed E-state index contributed by atoms with van der Waals surface area (Å²) < 4.78 is 146. The van der Waals surface area contributed by atoms with Gasteiger partial charge in [0.25, 0.3) is 0 Å². The van der Waals surface area contributed by atoms with Crippen molar-refractivity contribution >= 4 is 94.2 Å². The van der Waals surface area contributed by atoms with Crippen molar-refractivity contribution in [2.24, 2.45) is 0 Å². The minimum Gasteiger partial charge on any atom is -0.309 e. The zero-order valence-corrected chi connectivity index (χ0v) is 44.8. The monoisotopic (exact) mass is 1070 g/mol. The molecule has 82 heavy (non-hydrogen) atoms. The largest absolute Gasteiger partial charge is 0.309 e. The van der Waals surface area contributed by atoms with E-state index in [2.05, 4.69) is 138 Å². The Balaban J connectivity index is 1.05. The van der Waals surface area contributed by atoms with Crippen molar-refractivity contribution in [3.8, 4) is 50.4 Å². The summed E-state index contributed by atoms with van der Waals surface area (Å²) in [6, 6.07) is 69.7. The molecular formula is C78H53N3Si. The average Bonchev–Trinajstić information content (AvgIpc) is 1.57. The summed E-state index contributed by atoms with van der Waals surface area (Å²) in [5.41, 5.74) is 6.63. The van der Waals surface area contributed by atoms with Crippen molar-refractivity contribution < 1.29 is 20.6 Å². The van der Waals surface area contributed by atoms with Gasteiger partial charge in [-0.3, -0.25) is 0 Å². The Hall–Kier alpha value is -10.5. The highest BCUT2D eigenvalue weighted by Crippen LogP contribution is 2.40. The van der Waals surface area contributed by atoms with Gasteiger partial charge >= 0.3 is 0 Å². The molecule has 3 aromatic heterocycles. The molecule has 0 saturated heterocycles. The SMILES string of the molecule is [2H]c1c([2H])c([2H])c2c(c1[2H])c1c([2H])c([2H])c(-n3c4c([2H])c([2H])c([2H])c([2H])c4c4c([2H])c([2H])c([2H])c([2H])c43)c([2H])c1n2-c1cc(-c2cccc([Si](c3ccccc3)(c3cccc(-c4ccccc4)c3)c3cccc(-c4ccccc4)c3)c2)cc(-n2c3ccccc3c3ccccc32)c1. The maximum atomic E-state index is 10.7. The molecule has 0 saturated carbocycles. The minimum atomic E-state index is -3.47. The maximum Gasteiger partial charge on any atom is 0.179 e. The predicted molar refractivity (Wildman–Crippen MR) is 349 cm³/mol. The molecule has 0 aliphatic rings. The fourth-order valence-corrected chi connectivity index (χ4v) is 17.3. The van der Waals surface area contributed by atoms with Crippen LogP contribution >= 0.6 is 0 Å². The number of aromatic nitrogens is 3. The molecule has 16 rings (SSSR count). The average molecular weight is 1080 g/mol. The van der Waals surface area contributed by atoms with Crippen LogP contribution in [0.1, 0.15) is 20.6 Å². The van der Waals surface area contributed by atoms with E-state index < -0.39 is 104 Å². The van der Waals surface area contributed by atoms with E-state index in [1.165, 1.54) is 4.57 Å². The third kappa shape index (κ3) is 7.57. The zero-order valence-electron chi connectivity index (χ0n) is 58.8. The van der Waals surface area contributed by atoms with Gasteiger partial charge < -0.3 is 13.7 Å². The summed E-state index contributed by atoms with van der Waals surface area (Å²) in [6.07, 6.45) is 0. The molecule has 0 aliphatic carbocycles. The molecule has 384 valence electrons. The summed E-state index contributed by atoms with van der Waals surface area (Å²) in [5.74, 6) is 0. The summed E-state index contributed by atoms with van der Waals surface area (Å²) in [4.78, 5) is 0. The van der Waals surface area contributed by atoms with E-state index in [1.807, 2.05) is 97.1 Å². The predicted octanol–water partition coefficient (Wildman–Crippen LogP) is 17.4. The Kier molecular flexibility index (Phi) is 8.15. The molecule has 3 nitrogen and oxygen atoms in total. The fraction of sp³-hybridized carbons (Fsp3) is 0. The number of fused-ring (bicyclic) bond motifs is 9. The zero-order chi connectivity index (χ0) is 67.2. The number of para-hydroxylation sites is 5. The first-order valence-electron chi connectivity index (χ1n) is 34.6. The fourth-order valence-electron chi connectivity index (χ4n) is 12.5. The van der Waals surface area contributed by atoms with E-state index in [0.717, 1.165) is 74.9 Å². The number of hydrogen-bond donors (Lipinski definition) is 0. The highest BCUT2D eigenvalue weighted by atomic mass is 28.3. The van der Waals surface area contributed by atoms with Crippen LogP contribution in [0.15, 0.2) is 321 Å². The summed E-state index contributed by atoms with van der Waals surface area (Å²) in [7, 11) is -3.47. The Bertz CT molecular complexity index is 5810. The van der Waals surface area contributed by atoms with Crippen LogP contribution in [0.3, 0.4) is 0 Å². The summed E-state index contributed by atoms with van der Waals surface area (Å²) in [6.45, 7) is 0. The maximum absolute atomic E-state index is 10.7. The minimum absolute atomic E-state index is 0.128. The van der Waals surface area contributed by atoms with Crippen LogP contribution in [0.4, 0.5) is 0 Å². The molecular weight excluding hydrogens is 1010 g/mol. The van der Waals surface area contributed by atoms with E-state index in [1.54, 1.807) is 0 Å². The van der Waals surface area contributed by atoms with Crippen LogP contribution in [0.2, 0.25) is 0 Å². The van der Waals surface area contributed by atoms with E-state index >= 15 is 0 Å². The molecule has 0 radical (unpaired) electrons. The molecule has 16 aromatic rings. The molecule has 0 bridgehead atoms. The van der Waals surface area contributed by atoms with Gasteiger partial charge in [-0.2, -0.15) is 0 Å². The second-order valence-corrected chi connectivity index (χ2v) is 24.3. The number of nitrogens with zero attached hydrogens (tertiary/aromatic N) is 3. The topological polar surface area (TPSA) is 14.8 Å². The van der Waals surface area contributed by atoms with Gasteiger partial charge in [0.05, 0.1) is 53.7 Å². The van der Waals surface area contributed by atoms with Gasteiger partial charge in [-0.1, -0.05) is 261 Å². The van der Waals surface area contributed by atoms with Gasteiger partial charge in [-0.15, -0.1) is 0 Å². The summed E-state index contributed by atoms with van der Waals surface area (Å²) >= 11 is 0. The van der Waals surface area contributed by atoms with Gasteiger partial charge in [-0.05, 0) is 115 Å². The molecule has 0 N–H and O–H groups in total. The molecule has 0 unspecified atom stereocenters. The Morgan fingerprint density at radius 1 is 0.232 bits per heavy atom. The van der Waals surface area contributed by atoms with Crippen LogP contribution in [-0.4, -0.2) is 21.8 Å². The normalized spacial score (nSPS) is 14.5. The summed E-state index contributed by atoms with van der Waals surface area (Å²) in [5, 5.41) is 5.36. The highest BCUT2D eigenvalue weighted by molar-refractivity contribution is 7.20. The van der Waals surface area contributed by atoms with Gasteiger partial charge in [0, 0.05) is 49.4 Å². The van der Waals surface area contributed by atoms with Crippen LogP contribution in [0, 0.1) is 0 Å². The Labute approximate surface area is 498 Å². The van der Waals surface area contributed by atoms with Gasteiger partial charge in [0.2, 0.25) is 0 Å². The third-order valence-corrected chi connectivity index (χ3v) is 20.8. The van der Waals surface area contributed by atoms with Crippen molar-refractivity contribution in [3.05, 3.63) is 321 Å². The lowest BCUT2D eigenvalue weighted by Crippen LogP contribution is -2.74. The number of rotatable bonds is 10. The van der Waals surface area contributed by atoms with E-state index in [4.69, 9.17) is 6.85 Å². The van der Waals surface area contributed by atoms with Crippen LogP contribution in [0.25, 0.3) is 116 Å². The first-order valence-corrected chi connectivity index (χ1v) is 29.1.